The summed E-state index contributed by atoms with van der Waals surface area (Å²) in [6.07, 6.45) is 2.20. The molecule has 1 aromatic carbocycles. The molecule has 0 spiro atoms. The van der Waals surface area contributed by atoms with E-state index >= 15 is 0 Å². The van der Waals surface area contributed by atoms with Gasteiger partial charge >= 0.3 is 0 Å². The molecule has 1 aromatic heterocycles. The molecule has 0 fully saturated rings. The van der Waals surface area contributed by atoms with Crippen molar-refractivity contribution in [3.05, 3.63) is 29.3 Å². The fraction of sp³-hybridized carbons (Fsp3) is 0.462. The predicted molar refractivity (Wildman–Crippen MR) is 70.9 cm³/mol. The van der Waals surface area contributed by atoms with E-state index in [4.69, 9.17) is 5.73 Å². The standard InChI is InChI=1S/C13H18N2S/c1-13(2,7-4-8-14)10-5-3-6-11-12(10)16-9-15-11/h3,5-6,9H,4,7-8,14H2,1-2H3. The highest BCUT2D eigenvalue weighted by Crippen LogP contribution is 2.35. The van der Waals surface area contributed by atoms with Gasteiger partial charge in [0, 0.05) is 0 Å². The average molecular weight is 234 g/mol. The number of thiazole rings is 1. The molecule has 0 amide bonds. The van der Waals surface area contributed by atoms with Gasteiger partial charge in [-0.15, -0.1) is 11.3 Å². The molecule has 0 radical (unpaired) electrons. The van der Waals surface area contributed by atoms with Crippen molar-refractivity contribution in [1.82, 2.24) is 4.98 Å². The van der Waals surface area contributed by atoms with Crippen molar-refractivity contribution in [2.75, 3.05) is 6.54 Å². The van der Waals surface area contributed by atoms with Crippen LogP contribution in [0.15, 0.2) is 23.7 Å². The number of hydrogen-bond acceptors (Lipinski definition) is 3. The van der Waals surface area contributed by atoms with Gasteiger partial charge in [0.05, 0.1) is 15.7 Å². The molecule has 86 valence electrons. The van der Waals surface area contributed by atoms with E-state index in [-0.39, 0.29) is 5.41 Å². The molecule has 3 heteroatoms. The molecular formula is C13H18N2S. The minimum atomic E-state index is 0.186. The molecule has 16 heavy (non-hydrogen) atoms. The molecule has 0 atom stereocenters. The molecule has 1 heterocycles. The van der Waals surface area contributed by atoms with E-state index in [1.807, 2.05) is 5.51 Å². The molecule has 0 unspecified atom stereocenters. The molecule has 2 aromatic rings. The number of rotatable bonds is 4. The third-order valence-corrected chi connectivity index (χ3v) is 3.97. The number of aromatic nitrogens is 1. The first-order chi connectivity index (χ1) is 7.65. The van der Waals surface area contributed by atoms with Crippen LogP contribution in [0.3, 0.4) is 0 Å². The quantitative estimate of drug-likeness (QED) is 0.881. The second kappa shape index (κ2) is 4.52. The van der Waals surface area contributed by atoms with Gasteiger partial charge < -0.3 is 5.73 Å². The Bertz CT molecular complexity index is 473. The zero-order valence-electron chi connectivity index (χ0n) is 9.86. The molecular weight excluding hydrogens is 216 g/mol. The molecule has 0 aliphatic heterocycles. The van der Waals surface area contributed by atoms with Gasteiger partial charge in [-0.1, -0.05) is 26.0 Å². The van der Waals surface area contributed by atoms with Crippen LogP contribution in [0.25, 0.3) is 10.2 Å². The lowest BCUT2D eigenvalue weighted by atomic mass is 9.80. The lowest BCUT2D eigenvalue weighted by Gasteiger charge is -2.25. The van der Waals surface area contributed by atoms with Crippen LogP contribution in [-0.2, 0) is 5.41 Å². The lowest BCUT2D eigenvalue weighted by molar-refractivity contribution is 0.469. The highest BCUT2D eigenvalue weighted by Gasteiger charge is 2.22. The monoisotopic (exact) mass is 234 g/mol. The van der Waals surface area contributed by atoms with Gasteiger partial charge in [-0.05, 0) is 36.4 Å². The van der Waals surface area contributed by atoms with Gasteiger partial charge in [0.2, 0.25) is 0 Å². The normalized spacial score (nSPS) is 12.2. The molecule has 2 rings (SSSR count). The first-order valence-electron chi connectivity index (χ1n) is 5.68. The minimum Gasteiger partial charge on any atom is -0.330 e. The second-order valence-electron chi connectivity index (χ2n) is 4.78. The summed E-state index contributed by atoms with van der Waals surface area (Å²) in [7, 11) is 0. The van der Waals surface area contributed by atoms with Gasteiger partial charge in [0.15, 0.2) is 0 Å². The van der Waals surface area contributed by atoms with E-state index in [2.05, 4.69) is 37.0 Å². The fourth-order valence-corrected chi connectivity index (χ4v) is 3.08. The summed E-state index contributed by atoms with van der Waals surface area (Å²) in [6.45, 7) is 5.34. The van der Waals surface area contributed by atoms with Crippen LogP contribution >= 0.6 is 11.3 Å². The molecule has 0 aliphatic carbocycles. The Kier molecular flexibility index (Phi) is 3.26. The Hall–Kier alpha value is -0.930. The Morgan fingerprint density at radius 3 is 2.94 bits per heavy atom. The topological polar surface area (TPSA) is 38.9 Å². The summed E-state index contributed by atoms with van der Waals surface area (Å²) in [4.78, 5) is 4.37. The Balaban J connectivity index is 2.41. The van der Waals surface area contributed by atoms with Crippen molar-refractivity contribution >= 4 is 21.6 Å². The fourth-order valence-electron chi connectivity index (χ4n) is 2.10. The van der Waals surface area contributed by atoms with Gasteiger partial charge in [-0.2, -0.15) is 0 Å². The van der Waals surface area contributed by atoms with Crippen LogP contribution in [0.4, 0.5) is 0 Å². The van der Waals surface area contributed by atoms with Gasteiger partial charge in [0.25, 0.3) is 0 Å². The zero-order chi connectivity index (χ0) is 11.6. The van der Waals surface area contributed by atoms with Crippen molar-refractivity contribution in [1.29, 1.82) is 0 Å². The summed E-state index contributed by atoms with van der Waals surface area (Å²) in [5, 5.41) is 0. The van der Waals surface area contributed by atoms with Gasteiger partial charge in [-0.3, -0.25) is 0 Å². The first-order valence-corrected chi connectivity index (χ1v) is 6.56. The SMILES string of the molecule is CC(C)(CCCN)c1cccc2ncsc12. The van der Waals surface area contributed by atoms with Crippen molar-refractivity contribution in [2.24, 2.45) is 5.73 Å². The molecule has 2 nitrogen and oxygen atoms in total. The maximum absolute atomic E-state index is 5.60. The molecule has 0 saturated carbocycles. The van der Waals surface area contributed by atoms with Crippen LogP contribution in [0.1, 0.15) is 32.3 Å². The predicted octanol–water partition coefficient (Wildman–Crippen LogP) is 3.31. The van der Waals surface area contributed by atoms with Crippen molar-refractivity contribution < 1.29 is 0 Å². The number of fused-ring (bicyclic) bond motifs is 1. The zero-order valence-corrected chi connectivity index (χ0v) is 10.7. The molecule has 0 saturated heterocycles. The van der Waals surface area contributed by atoms with Crippen molar-refractivity contribution in [3.8, 4) is 0 Å². The number of benzene rings is 1. The molecule has 0 bridgehead atoms. The summed E-state index contributed by atoms with van der Waals surface area (Å²) in [6, 6.07) is 6.40. The van der Waals surface area contributed by atoms with Gasteiger partial charge in [-0.25, -0.2) is 4.98 Å². The molecule has 0 aliphatic rings. The van der Waals surface area contributed by atoms with E-state index in [1.165, 1.54) is 10.3 Å². The maximum Gasteiger partial charge on any atom is 0.0815 e. The van der Waals surface area contributed by atoms with Gasteiger partial charge in [0.1, 0.15) is 0 Å². The minimum absolute atomic E-state index is 0.186. The Morgan fingerprint density at radius 1 is 1.38 bits per heavy atom. The third kappa shape index (κ3) is 2.11. The highest BCUT2D eigenvalue weighted by molar-refractivity contribution is 7.17. The molecule has 2 N–H and O–H groups in total. The average Bonchev–Trinajstić information content (AvgIpc) is 2.73. The number of hydrogen-bond donors (Lipinski definition) is 1. The first kappa shape index (κ1) is 11.6. The maximum atomic E-state index is 5.60. The summed E-state index contributed by atoms with van der Waals surface area (Å²) >= 11 is 1.73. The second-order valence-corrected chi connectivity index (χ2v) is 5.64. The number of nitrogens with two attached hydrogens (primary N) is 1. The Labute approximate surface area is 101 Å². The van der Waals surface area contributed by atoms with Crippen LogP contribution < -0.4 is 5.73 Å². The van der Waals surface area contributed by atoms with E-state index in [0.29, 0.717) is 0 Å². The van der Waals surface area contributed by atoms with E-state index in [0.717, 1.165) is 24.9 Å². The highest BCUT2D eigenvalue weighted by atomic mass is 32.1. The van der Waals surface area contributed by atoms with Crippen LogP contribution in [-0.4, -0.2) is 11.5 Å². The van der Waals surface area contributed by atoms with Crippen molar-refractivity contribution in [2.45, 2.75) is 32.1 Å². The third-order valence-electron chi connectivity index (χ3n) is 3.09. The largest absolute Gasteiger partial charge is 0.330 e. The van der Waals surface area contributed by atoms with Crippen LogP contribution in [0.2, 0.25) is 0 Å². The summed E-state index contributed by atoms with van der Waals surface area (Å²) in [5.41, 5.74) is 10.2. The summed E-state index contributed by atoms with van der Waals surface area (Å²) < 4.78 is 1.32. The van der Waals surface area contributed by atoms with Crippen LogP contribution in [0.5, 0.6) is 0 Å². The van der Waals surface area contributed by atoms with E-state index in [9.17, 15) is 0 Å². The number of nitrogens with zero attached hydrogens (tertiary/aromatic N) is 1. The lowest BCUT2D eigenvalue weighted by Crippen LogP contribution is -2.18. The van der Waals surface area contributed by atoms with E-state index in [1.54, 1.807) is 11.3 Å². The Morgan fingerprint density at radius 2 is 2.19 bits per heavy atom. The van der Waals surface area contributed by atoms with E-state index < -0.39 is 0 Å². The summed E-state index contributed by atoms with van der Waals surface area (Å²) in [5.74, 6) is 0. The smallest absolute Gasteiger partial charge is 0.0815 e. The van der Waals surface area contributed by atoms with Crippen LogP contribution in [0, 0.1) is 0 Å². The van der Waals surface area contributed by atoms with Crippen molar-refractivity contribution in [3.63, 3.8) is 0 Å².